The topological polar surface area (TPSA) is 34.9 Å². The van der Waals surface area contributed by atoms with Gasteiger partial charge in [0.25, 0.3) is 0 Å². The summed E-state index contributed by atoms with van der Waals surface area (Å²) in [6, 6.07) is 8.34. The summed E-state index contributed by atoms with van der Waals surface area (Å²) in [5.41, 5.74) is 3.58. The number of imidazole rings is 1. The van der Waals surface area contributed by atoms with Crippen LogP contribution in [0.2, 0.25) is 0 Å². The van der Waals surface area contributed by atoms with Crippen molar-refractivity contribution in [2.45, 2.75) is 45.4 Å². The van der Waals surface area contributed by atoms with E-state index in [1.807, 2.05) is 18.6 Å². The predicted octanol–water partition coefficient (Wildman–Crippen LogP) is 4.10. The summed E-state index contributed by atoms with van der Waals surface area (Å²) in [5, 5.41) is 0. The van der Waals surface area contributed by atoms with Crippen molar-refractivity contribution in [2.24, 2.45) is 5.92 Å². The Bertz CT molecular complexity index is 644. The summed E-state index contributed by atoms with van der Waals surface area (Å²) in [4.78, 5) is 16.9. The zero-order chi connectivity index (χ0) is 14.8. The number of carbonyl (C=O) groups is 1. The molecule has 1 aliphatic rings. The molecule has 0 fully saturated rings. The van der Waals surface area contributed by atoms with Gasteiger partial charge in [-0.25, -0.2) is 4.98 Å². The Kier molecular flexibility index (Phi) is 3.91. The molecule has 2 unspecified atom stereocenters. The van der Waals surface area contributed by atoms with Gasteiger partial charge in [-0.1, -0.05) is 38.5 Å². The minimum Gasteiger partial charge on any atom is -0.302 e. The molecule has 1 aliphatic heterocycles. The maximum Gasteiger partial charge on any atom is 0.136 e. The molecule has 2 heterocycles. The quantitative estimate of drug-likeness (QED) is 0.799. The molecule has 0 radical (unpaired) electrons. The van der Waals surface area contributed by atoms with Crippen molar-refractivity contribution in [3.05, 3.63) is 48.0 Å². The van der Waals surface area contributed by atoms with Crippen LogP contribution in [0.3, 0.4) is 0 Å². The number of nitrogens with zero attached hydrogens (tertiary/aromatic N) is 2. The van der Waals surface area contributed by atoms with Gasteiger partial charge in [-0.05, 0) is 24.5 Å². The number of carbonyl (C=O) groups excluding carboxylic acids is 1. The van der Waals surface area contributed by atoms with E-state index in [-0.39, 0.29) is 11.8 Å². The van der Waals surface area contributed by atoms with Gasteiger partial charge in [-0.2, -0.15) is 0 Å². The van der Waals surface area contributed by atoms with E-state index in [9.17, 15) is 4.79 Å². The Labute approximate surface area is 126 Å². The first kappa shape index (κ1) is 14.1. The number of Topliss-reactive ketones (excluding diaryl/α,β-unsaturated/α-hetero) is 1. The highest BCUT2D eigenvalue weighted by Crippen LogP contribution is 2.40. The van der Waals surface area contributed by atoms with Crippen molar-refractivity contribution in [1.29, 1.82) is 0 Å². The molecule has 0 spiro atoms. The lowest BCUT2D eigenvalue weighted by atomic mass is 9.86. The molecule has 110 valence electrons. The Hall–Kier alpha value is -1.90. The number of hydrogen-bond acceptors (Lipinski definition) is 2. The third-order valence-corrected chi connectivity index (χ3v) is 4.59. The van der Waals surface area contributed by atoms with Crippen LogP contribution in [-0.2, 0) is 4.79 Å². The highest BCUT2D eigenvalue weighted by atomic mass is 16.1. The van der Waals surface area contributed by atoms with E-state index in [1.54, 1.807) is 0 Å². The Morgan fingerprint density at radius 2 is 2.14 bits per heavy atom. The second-order valence-corrected chi connectivity index (χ2v) is 5.86. The van der Waals surface area contributed by atoms with Crippen LogP contribution < -0.4 is 0 Å². The maximum atomic E-state index is 12.6. The Morgan fingerprint density at radius 1 is 1.33 bits per heavy atom. The van der Waals surface area contributed by atoms with Crippen molar-refractivity contribution in [1.82, 2.24) is 9.55 Å². The van der Waals surface area contributed by atoms with E-state index in [1.165, 1.54) is 11.3 Å². The van der Waals surface area contributed by atoms with Gasteiger partial charge in [0.1, 0.15) is 5.78 Å². The predicted molar refractivity (Wildman–Crippen MR) is 83.7 cm³/mol. The summed E-state index contributed by atoms with van der Waals surface area (Å²) in [6.07, 6.45) is 7.37. The second-order valence-electron chi connectivity index (χ2n) is 5.86. The van der Waals surface area contributed by atoms with Gasteiger partial charge in [-0.3, -0.25) is 4.79 Å². The summed E-state index contributed by atoms with van der Waals surface area (Å²) in [5.74, 6) is 0.773. The number of rotatable bonds is 6. The smallest absolute Gasteiger partial charge is 0.136 e. The molecular weight excluding hydrogens is 260 g/mol. The van der Waals surface area contributed by atoms with Crippen molar-refractivity contribution in [3.8, 4) is 5.69 Å². The molecule has 0 saturated carbocycles. The number of hydrogen-bond donors (Lipinski definition) is 0. The molecular formula is C18H22N2O. The molecule has 0 N–H and O–H groups in total. The Morgan fingerprint density at radius 3 is 2.90 bits per heavy atom. The fraction of sp³-hybridized carbons (Fsp3) is 0.444. The SMILES string of the molecule is CCCC(CC)C(=O)CC1c2ccccc2-n2cncc21. The van der Waals surface area contributed by atoms with Crippen LogP contribution in [-0.4, -0.2) is 15.3 Å². The van der Waals surface area contributed by atoms with Gasteiger partial charge >= 0.3 is 0 Å². The van der Waals surface area contributed by atoms with Crippen LogP contribution >= 0.6 is 0 Å². The molecule has 0 bridgehead atoms. The second kappa shape index (κ2) is 5.84. The molecule has 2 atom stereocenters. The van der Waals surface area contributed by atoms with Crippen LogP contribution in [0.5, 0.6) is 0 Å². The molecule has 3 rings (SSSR count). The lowest BCUT2D eigenvalue weighted by Gasteiger charge is -2.16. The van der Waals surface area contributed by atoms with E-state index in [0.717, 1.165) is 25.0 Å². The minimum atomic E-state index is 0.169. The van der Waals surface area contributed by atoms with Crippen LogP contribution in [0, 0.1) is 5.92 Å². The van der Waals surface area contributed by atoms with Crippen molar-refractivity contribution >= 4 is 5.78 Å². The standard InChI is InChI=1S/C18H22N2O/c1-3-7-13(4-2)18(21)10-15-14-8-5-6-9-16(14)20-12-19-11-17(15)20/h5-6,8-9,11-13,15H,3-4,7,10H2,1-2H3. The summed E-state index contributed by atoms with van der Waals surface area (Å²) in [6.45, 7) is 4.26. The molecule has 0 saturated heterocycles. The van der Waals surface area contributed by atoms with Gasteiger partial charge in [-0.15, -0.1) is 0 Å². The lowest BCUT2D eigenvalue weighted by molar-refractivity contribution is -0.123. The molecule has 0 amide bonds. The maximum absolute atomic E-state index is 12.6. The number of aromatic nitrogens is 2. The summed E-state index contributed by atoms with van der Waals surface area (Å²) >= 11 is 0. The third kappa shape index (κ3) is 2.41. The van der Waals surface area contributed by atoms with Gasteiger partial charge < -0.3 is 4.57 Å². The summed E-state index contributed by atoms with van der Waals surface area (Å²) in [7, 11) is 0. The summed E-state index contributed by atoms with van der Waals surface area (Å²) < 4.78 is 2.12. The molecule has 2 aromatic rings. The normalized spacial score (nSPS) is 17.3. The molecule has 21 heavy (non-hydrogen) atoms. The molecule has 1 aromatic heterocycles. The monoisotopic (exact) mass is 282 g/mol. The van der Waals surface area contributed by atoms with Gasteiger partial charge in [0, 0.05) is 24.5 Å². The Balaban J connectivity index is 1.88. The van der Waals surface area contributed by atoms with E-state index >= 15 is 0 Å². The number of fused-ring (bicyclic) bond motifs is 3. The van der Waals surface area contributed by atoms with Gasteiger partial charge in [0.05, 0.1) is 17.7 Å². The van der Waals surface area contributed by atoms with Crippen molar-refractivity contribution < 1.29 is 4.79 Å². The zero-order valence-electron chi connectivity index (χ0n) is 12.7. The molecule has 1 aromatic carbocycles. The first-order valence-electron chi connectivity index (χ1n) is 7.90. The van der Waals surface area contributed by atoms with Crippen molar-refractivity contribution in [2.75, 3.05) is 0 Å². The van der Waals surface area contributed by atoms with E-state index in [2.05, 4.69) is 41.6 Å². The number of ketones is 1. The van der Waals surface area contributed by atoms with Crippen LogP contribution in [0.25, 0.3) is 5.69 Å². The van der Waals surface area contributed by atoms with Gasteiger partial charge in [0.15, 0.2) is 0 Å². The fourth-order valence-electron chi connectivity index (χ4n) is 3.45. The minimum absolute atomic E-state index is 0.169. The number of benzene rings is 1. The lowest BCUT2D eigenvalue weighted by Crippen LogP contribution is -2.16. The van der Waals surface area contributed by atoms with Gasteiger partial charge in [0.2, 0.25) is 0 Å². The average molecular weight is 282 g/mol. The van der Waals surface area contributed by atoms with Crippen LogP contribution in [0.4, 0.5) is 0 Å². The molecule has 3 nitrogen and oxygen atoms in total. The number of para-hydroxylation sites is 1. The van der Waals surface area contributed by atoms with E-state index in [0.29, 0.717) is 12.2 Å². The highest BCUT2D eigenvalue weighted by molar-refractivity contribution is 5.82. The molecule has 3 heteroatoms. The fourth-order valence-corrected chi connectivity index (χ4v) is 3.45. The zero-order valence-corrected chi connectivity index (χ0v) is 12.7. The average Bonchev–Trinajstić information content (AvgIpc) is 3.08. The third-order valence-electron chi connectivity index (χ3n) is 4.59. The van der Waals surface area contributed by atoms with Crippen LogP contribution in [0.1, 0.15) is 56.7 Å². The van der Waals surface area contributed by atoms with Crippen molar-refractivity contribution in [3.63, 3.8) is 0 Å². The van der Waals surface area contributed by atoms with Crippen LogP contribution in [0.15, 0.2) is 36.8 Å². The van der Waals surface area contributed by atoms with E-state index in [4.69, 9.17) is 0 Å². The molecule has 0 aliphatic carbocycles. The van der Waals surface area contributed by atoms with E-state index < -0.39 is 0 Å². The highest BCUT2D eigenvalue weighted by Gasteiger charge is 2.31. The largest absolute Gasteiger partial charge is 0.302 e. The first-order valence-corrected chi connectivity index (χ1v) is 7.90. The first-order chi connectivity index (χ1) is 10.3.